The van der Waals surface area contributed by atoms with E-state index >= 15 is 0 Å². The van der Waals surface area contributed by atoms with E-state index in [-0.39, 0.29) is 5.56 Å². The highest BCUT2D eigenvalue weighted by atomic mass is 19.2. The van der Waals surface area contributed by atoms with Crippen LogP contribution in [0.2, 0.25) is 0 Å². The van der Waals surface area contributed by atoms with E-state index in [1.54, 1.807) is 0 Å². The number of hydrogen-bond donors (Lipinski definition) is 0. The molecule has 0 aliphatic rings. The molecule has 2 rings (SSSR count). The molecule has 6 heteroatoms. The van der Waals surface area contributed by atoms with Crippen LogP contribution >= 0.6 is 0 Å². The molecule has 2 aromatic carbocycles. The van der Waals surface area contributed by atoms with Crippen LogP contribution in [-0.2, 0) is 0 Å². The summed E-state index contributed by atoms with van der Waals surface area (Å²) in [7, 11) is 1.41. The average molecular weight is 290 g/mol. The molecule has 0 fully saturated rings. The Labute approximate surface area is 118 Å². The van der Waals surface area contributed by atoms with Crippen molar-refractivity contribution in [3.63, 3.8) is 0 Å². The summed E-state index contributed by atoms with van der Waals surface area (Å²) in [5.41, 5.74) is 0.542. The molecule has 3 nitrogen and oxygen atoms in total. The summed E-state index contributed by atoms with van der Waals surface area (Å²) in [6.07, 6.45) is 0. The standard InChI is InChI=1S/C15H9F3N2O/c1-20(11-4-2-9(8-19)3-5-11)15(21)10-6-12(16)14(18)13(17)7-10/h2-7H,1H3. The summed E-state index contributed by atoms with van der Waals surface area (Å²) >= 11 is 0. The molecule has 0 bridgehead atoms. The highest BCUT2D eigenvalue weighted by Crippen LogP contribution is 2.19. The number of rotatable bonds is 2. The number of halogens is 3. The second-order valence-corrected chi connectivity index (χ2v) is 4.28. The van der Waals surface area contributed by atoms with Gasteiger partial charge in [-0.1, -0.05) is 0 Å². The fraction of sp³-hybridized carbons (Fsp3) is 0.0667. The van der Waals surface area contributed by atoms with Crippen molar-refractivity contribution < 1.29 is 18.0 Å². The van der Waals surface area contributed by atoms with Crippen molar-refractivity contribution in [2.45, 2.75) is 0 Å². The summed E-state index contributed by atoms with van der Waals surface area (Å²) in [5, 5.41) is 8.69. The van der Waals surface area contributed by atoms with Crippen molar-refractivity contribution in [3.05, 3.63) is 65.0 Å². The van der Waals surface area contributed by atoms with Crippen LogP contribution in [-0.4, -0.2) is 13.0 Å². The molecule has 0 saturated carbocycles. The first-order valence-corrected chi connectivity index (χ1v) is 5.87. The second kappa shape index (κ2) is 5.67. The Hall–Kier alpha value is -2.81. The molecule has 0 saturated heterocycles. The van der Waals surface area contributed by atoms with Gasteiger partial charge in [0, 0.05) is 18.3 Å². The smallest absolute Gasteiger partial charge is 0.258 e. The molecule has 0 heterocycles. The largest absolute Gasteiger partial charge is 0.311 e. The van der Waals surface area contributed by atoms with Gasteiger partial charge in [-0.25, -0.2) is 13.2 Å². The van der Waals surface area contributed by atoms with Crippen LogP contribution < -0.4 is 4.90 Å². The normalized spacial score (nSPS) is 10.0. The molecule has 0 aliphatic heterocycles. The SMILES string of the molecule is CN(C(=O)c1cc(F)c(F)c(F)c1)c1ccc(C#N)cc1. The van der Waals surface area contributed by atoms with Crippen molar-refractivity contribution in [3.8, 4) is 6.07 Å². The highest BCUT2D eigenvalue weighted by Gasteiger charge is 2.18. The first-order valence-electron chi connectivity index (χ1n) is 5.87. The quantitative estimate of drug-likeness (QED) is 0.797. The van der Waals surface area contributed by atoms with E-state index in [4.69, 9.17) is 5.26 Å². The van der Waals surface area contributed by atoms with Crippen molar-refractivity contribution in [1.29, 1.82) is 5.26 Å². The maximum atomic E-state index is 13.1. The number of nitrogens with zero attached hydrogens (tertiary/aromatic N) is 2. The predicted molar refractivity (Wildman–Crippen MR) is 70.2 cm³/mol. The van der Waals surface area contributed by atoms with Gasteiger partial charge in [0.15, 0.2) is 17.5 Å². The molecule has 0 spiro atoms. The molecule has 0 N–H and O–H groups in total. The molecular weight excluding hydrogens is 281 g/mol. The molecule has 0 aliphatic carbocycles. The van der Waals surface area contributed by atoms with Gasteiger partial charge in [-0.3, -0.25) is 4.79 Å². The lowest BCUT2D eigenvalue weighted by molar-refractivity contribution is 0.0992. The molecule has 2 aromatic rings. The van der Waals surface area contributed by atoms with Crippen LogP contribution in [0, 0.1) is 28.8 Å². The van der Waals surface area contributed by atoms with Gasteiger partial charge in [0.25, 0.3) is 5.91 Å². The van der Waals surface area contributed by atoms with Crippen LogP contribution in [0.1, 0.15) is 15.9 Å². The summed E-state index contributed by atoms with van der Waals surface area (Å²) in [6, 6.07) is 9.26. The van der Waals surface area contributed by atoms with Crippen LogP contribution in [0.25, 0.3) is 0 Å². The number of benzene rings is 2. The average Bonchev–Trinajstić information content (AvgIpc) is 2.50. The van der Waals surface area contributed by atoms with Crippen molar-refractivity contribution in [1.82, 2.24) is 0 Å². The summed E-state index contributed by atoms with van der Waals surface area (Å²) in [6.45, 7) is 0. The molecule has 0 unspecified atom stereocenters. The van der Waals surface area contributed by atoms with Gasteiger partial charge < -0.3 is 4.90 Å². The fourth-order valence-electron chi connectivity index (χ4n) is 1.75. The first-order chi connectivity index (χ1) is 9.93. The third-order valence-corrected chi connectivity index (χ3v) is 2.92. The minimum absolute atomic E-state index is 0.307. The second-order valence-electron chi connectivity index (χ2n) is 4.28. The Balaban J connectivity index is 2.32. The topological polar surface area (TPSA) is 44.1 Å². The maximum absolute atomic E-state index is 13.1. The highest BCUT2D eigenvalue weighted by molar-refractivity contribution is 6.05. The van der Waals surface area contributed by atoms with E-state index in [0.717, 1.165) is 4.90 Å². The molecule has 21 heavy (non-hydrogen) atoms. The van der Waals surface area contributed by atoms with Crippen molar-refractivity contribution in [2.24, 2.45) is 0 Å². The monoisotopic (exact) mass is 290 g/mol. The number of carbonyl (C=O) groups excluding carboxylic acids is 1. The number of amides is 1. The molecule has 1 amide bonds. The van der Waals surface area contributed by atoms with Gasteiger partial charge in [0.1, 0.15) is 0 Å². The van der Waals surface area contributed by atoms with Gasteiger partial charge >= 0.3 is 0 Å². The zero-order valence-corrected chi connectivity index (χ0v) is 10.9. The Bertz CT molecular complexity index is 713. The van der Waals surface area contributed by atoms with Gasteiger partial charge in [-0.2, -0.15) is 5.26 Å². The van der Waals surface area contributed by atoms with E-state index in [0.29, 0.717) is 23.4 Å². The first kappa shape index (κ1) is 14.6. The Morgan fingerprint density at radius 3 is 2.10 bits per heavy atom. The van der Waals surface area contributed by atoms with E-state index in [1.165, 1.54) is 31.3 Å². The van der Waals surface area contributed by atoms with Crippen LogP contribution in [0.4, 0.5) is 18.9 Å². The van der Waals surface area contributed by atoms with E-state index in [2.05, 4.69) is 0 Å². The zero-order chi connectivity index (χ0) is 15.6. The number of anilines is 1. The minimum Gasteiger partial charge on any atom is -0.311 e. The Morgan fingerprint density at radius 2 is 1.62 bits per heavy atom. The van der Waals surface area contributed by atoms with Crippen LogP contribution in [0.15, 0.2) is 36.4 Å². The summed E-state index contributed by atoms with van der Waals surface area (Å²) in [4.78, 5) is 13.3. The fourth-order valence-corrected chi connectivity index (χ4v) is 1.75. The summed E-state index contributed by atoms with van der Waals surface area (Å²) < 4.78 is 39.2. The van der Waals surface area contributed by atoms with E-state index in [9.17, 15) is 18.0 Å². The van der Waals surface area contributed by atoms with E-state index < -0.39 is 23.4 Å². The van der Waals surface area contributed by atoms with Crippen molar-refractivity contribution in [2.75, 3.05) is 11.9 Å². The predicted octanol–water partition coefficient (Wildman–Crippen LogP) is 3.25. The third kappa shape index (κ3) is 2.87. The van der Waals surface area contributed by atoms with Crippen LogP contribution in [0.5, 0.6) is 0 Å². The van der Waals surface area contributed by atoms with Crippen LogP contribution in [0.3, 0.4) is 0 Å². The zero-order valence-electron chi connectivity index (χ0n) is 10.9. The number of nitriles is 1. The van der Waals surface area contributed by atoms with Gasteiger partial charge in [-0.15, -0.1) is 0 Å². The molecule has 106 valence electrons. The lowest BCUT2D eigenvalue weighted by Crippen LogP contribution is -2.26. The third-order valence-electron chi connectivity index (χ3n) is 2.92. The van der Waals surface area contributed by atoms with Gasteiger partial charge in [0.05, 0.1) is 11.6 Å². The number of carbonyl (C=O) groups is 1. The van der Waals surface area contributed by atoms with Gasteiger partial charge in [0.2, 0.25) is 0 Å². The summed E-state index contributed by atoms with van der Waals surface area (Å²) in [5.74, 6) is -5.16. The molecule has 0 atom stereocenters. The Morgan fingerprint density at radius 1 is 1.10 bits per heavy atom. The van der Waals surface area contributed by atoms with Gasteiger partial charge in [-0.05, 0) is 36.4 Å². The molecular formula is C15H9F3N2O. The maximum Gasteiger partial charge on any atom is 0.258 e. The van der Waals surface area contributed by atoms with E-state index in [1.807, 2.05) is 6.07 Å². The number of hydrogen-bond acceptors (Lipinski definition) is 2. The molecule has 0 aromatic heterocycles. The van der Waals surface area contributed by atoms with Crippen molar-refractivity contribution >= 4 is 11.6 Å². The Kier molecular flexibility index (Phi) is 3.94. The lowest BCUT2D eigenvalue weighted by atomic mass is 10.1. The molecule has 0 radical (unpaired) electrons. The minimum atomic E-state index is -1.62. The lowest BCUT2D eigenvalue weighted by Gasteiger charge is -2.17.